The van der Waals surface area contributed by atoms with Crippen LogP contribution in [-0.4, -0.2) is 66.3 Å². The lowest BCUT2D eigenvalue weighted by Crippen LogP contribution is -2.52. The van der Waals surface area contributed by atoms with Crippen molar-refractivity contribution in [3.8, 4) is 0 Å². The fraction of sp³-hybridized carbons (Fsp3) is 0.619. The molecule has 0 aromatic heterocycles. The first kappa shape index (κ1) is 21.1. The number of halogens is 3. The number of imide groups is 1. The summed E-state index contributed by atoms with van der Waals surface area (Å²) in [6.45, 7) is 1.40. The van der Waals surface area contributed by atoms with Crippen molar-refractivity contribution in [1.29, 1.82) is 0 Å². The molecular formula is C21H27F3N4O2. The number of benzene rings is 1. The number of likely N-dealkylation sites (tertiary alicyclic amines) is 1. The predicted molar refractivity (Wildman–Crippen MR) is 106 cm³/mol. The average molecular weight is 424 g/mol. The van der Waals surface area contributed by atoms with Crippen LogP contribution in [0.2, 0.25) is 0 Å². The maximum Gasteiger partial charge on any atom is 0.249 e. The molecule has 3 aliphatic heterocycles. The topological polar surface area (TPSA) is 64.7 Å². The van der Waals surface area contributed by atoms with Gasteiger partial charge in [0.15, 0.2) is 0 Å². The Morgan fingerprint density at radius 1 is 1.07 bits per heavy atom. The van der Waals surface area contributed by atoms with Crippen LogP contribution in [0.1, 0.15) is 43.6 Å². The van der Waals surface area contributed by atoms with Gasteiger partial charge in [0.2, 0.25) is 11.8 Å². The van der Waals surface area contributed by atoms with Gasteiger partial charge in [-0.2, -0.15) is 0 Å². The number of anilines is 1. The SMILES string of the molecule is O=C1CCC(Nc2ccc(C3CCN(C4CCN(F)CC4F)CC3)c(F)c2)C(=O)N1. The molecule has 3 saturated heterocycles. The molecule has 2 N–H and O–H groups in total. The zero-order valence-electron chi connectivity index (χ0n) is 16.8. The molecule has 164 valence electrons. The number of nitrogens with one attached hydrogen (secondary N) is 2. The van der Waals surface area contributed by atoms with Crippen molar-refractivity contribution in [3.63, 3.8) is 0 Å². The molecule has 30 heavy (non-hydrogen) atoms. The van der Waals surface area contributed by atoms with E-state index in [0.29, 0.717) is 42.3 Å². The van der Waals surface area contributed by atoms with E-state index in [1.807, 2.05) is 0 Å². The Morgan fingerprint density at radius 3 is 2.50 bits per heavy atom. The minimum Gasteiger partial charge on any atom is -0.374 e. The standard InChI is InChI=1S/C21H27F3N4O2/c22-16-11-14(25-18-3-4-20(29)26-21(18)30)1-2-15(16)13-5-8-27(9-6-13)19-7-10-28(24)12-17(19)23/h1-2,11,13,17-19,25H,3-10,12H2,(H,26,29,30). The molecule has 3 fully saturated rings. The molecule has 0 bridgehead atoms. The number of carbonyl (C=O) groups excluding carboxylic acids is 2. The Kier molecular flexibility index (Phi) is 6.29. The molecule has 3 heterocycles. The van der Waals surface area contributed by atoms with Gasteiger partial charge in [0, 0.05) is 24.7 Å². The van der Waals surface area contributed by atoms with Crippen LogP contribution in [0.25, 0.3) is 0 Å². The summed E-state index contributed by atoms with van der Waals surface area (Å²) >= 11 is 0. The Bertz CT molecular complexity index is 800. The normalized spacial score (nSPS) is 29.6. The number of rotatable bonds is 4. The molecule has 3 aliphatic rings. The largest absolute Gasteiger partial charge is 0.374 e. The third-order valence-corrected chi connectivity index (χ3v) is 6.48. The molecule has 3 unspecified atom stereocenters. The van der Waals surface area contributed by atoms with Crippen LogP contribution in [0, 0.1) is 5.82 Å². The van der Waals surface area contributed by atoms with Crippen molar-refractivity contribution in [2.45, 2.75) is 56.3 Å². The smallest absolute Gasteiger partial charge is 0.249 e. The summed E-state index contributed by atoms with van der Waals surface area (Å²) in [7, 11) is 0. The number of amides is 2. The Hall–Kier alpha value is -2.13. The summed E-state index contributed by atoms with van der Waals surface area (Å²) in [4.78, 5) is 25.2. The van der Waals surface area contributed by atoms with Gasteiger partial charge in [0.05, 0.1) is 6.54 Å². The molecule has 9 heteroatoms. The van der Waals surface area contributed by atoms with Crippen LogP contribution in [0.4, 0.5) is 18.9 Å². The maximum atomic E-state index is 14.8. The van der Waals surface area contributed by atoms with Gasteiger partial charge in [-0.3, -0.25) is 19.8 Å². The van der Waals surface area contributed by atoms with Crippen LogP contribution in [0.5, 0.6) is 0 Å². The van der Waals surface area contributed by atoms with Gasteiger partial charge < -0.3 is 5.32 Å². The number of nitrogens with zero attached hydrogens (tertiary/aromatic N) is 2. The number of piperidine rings is 3. The molecule has 6 nitrogen and oxygen atoms in total. The number of hydrogen-bond acceptors (Lipinski definition) is 5. The first-order valence-corrected chi connectivity index (χ1v) is 10.6. The van der Waals surface area contributed by atoms with Crippen LogP contribution in [0.3, 0.4) is 0 Å². The van der Waals surface area contributed by atoms with Crippen LogP contribution < -0.4 is 10.6 Å². The van der Waals surface area contributed by atoms with Gasteiger partial charge in [0.25, 0.3) is 0 Å². The molecule has 0 aliphatic carbocycles. The minimum atomic E-state index is -1.20. The van der Waals surface area contributed by atoms with Crippen molar-refractivity contribution in [1.82, 2.24) is 15.3 Å². The monoisotopic (exact) mass is 424 g/mol. The van der Waals surface area contributed by atoms with Crippen molar-refractivity contribution in [3.05, 3.63) is 29.6 Å². The van der Waals surface area contributed by atoms with Crippen molar-refractivity contribution >= 4 is 17.5 Å². The summed E-state index contributed by atoms with van der Waals surface area (Å²) < 4.78 is 42.2. The van der Waals surface area contributed by atoms with E-state index in [-0.39, 0.29) is 43.2 Å². The number of alkyl halides is 1. The zero-order valence-corrected chi connectivity index (χ0v) is 16.8. The molecule has 3 atom stereocenters. The summed E-state index contributed by atoms with van der Waals surface area (Å²) in [5.74, 6) is -0.974. The van der Waals surface area contributed by atoms with Gasteiger partial charge in [0.1, 0.15) is 18.0 Å². The highest BCUT2D eigenvalue weighted by Gasteiger charge is 2.36. The quantitative estimate of drug-likeness (QED) is 0.575. The van der Waals surface area contributed by atoms with E-state index in [1.165, 1.54) is 6.07 Å². The molecule has 0 radical (unpaired) electrons. The second-order valence-corrected chi connectivity index (χ2v) is 8.44. The van der Waals surface area contributed by atoms with Gasteiger partial charge in [-0.1, -0.05) is 6.07 Å². The molecular weight excluding hydrogens is 397 g/mol. The third-order valence-electron chi connectivity index (χ3n) is 6.48. The first-order chi connectivity index (χ1) is 14.4. The lowest BCUT2D eigenvalue weighted by atomic mass is 9.87. The van der Waals surface area contributed by atoms with Crippen LogP contribution in [-0.2, 0) is 9.59 Å². The van der Waals surface area contributed by atoms with E-state index in [2.05, 4.69) is 15.5 Å². The lowest BCUT2D eigenvalue weighted by molar-refractivity contribution is -0.133. The van der Waals surface area contributed by atoms with E-state index in [4.69, 9.17) is 0 Å². The zero-order chi connectivity index (χ0) is 21.3. The molecule has 1 aromatic rings. The molecule has 0 spiro atoms. The summed E-state index contributed by atoms with van der Waals surface area (Å²) in [6.07, 6.45) is 1.35. The number of carbonyl (C=O) groups is 2. The summed E-state index contributed by atoms with van der Waals surface area (Å²) in [5.41, 5.74) is 1.13. The summed E-state index contributed by atoms with van der Waals surface area (Å²) in [6, 6.07) is 4.07. The van der Waals surface area contributed by atoms with Crippen LogP contribution >= 0.6 is 0 Å². The average Bonchev–Trinajstić information content (AvgIpc) is 2.71. The van der Waals surface area contributed by atoms with Crippen molar-refractivity contribution in [2.75, 3.05) is 31.5 Å². The predicted octanol–water partition coefficient (Wildman–Crippen LogP) is 2.52. The van der Waals surface area contributed by atoms with E-state index in [9.17, 15) is 22.9 Å². The fourth-order valence-electron chi connectivity index (χ4n) is 4.79. The highest BCUT2D eigenvalue weighted by Crippen LogP contribution is 2.33. The number of hydrogen-bond donors (Lipinski definition) is 2. The minimum absolute atomic E-state index is 0.0465. The van der Waals surface area contributed by atoms with E-state index >= 15 is 0 Å². The van der Waals surface area contributed by atoms with Gasteiger partial charge in [-0.15, -0.1) is 9.60 Å². The van der Waals surface area contributed by atoms with Crippen molar-refractivity contribution < 1.29 is 22.9 Å². The van der Waals surface area contributed by atoms with Crippen molar-refractivity contribution in [2.24, 2.45) is 0 Å². The first-order valence-electron chi connectivity index (χ1n) is 10.6. The summed E-state index contributed by atoms with van der Waals surface area (Å²) in [5, 5.41) is 5.80. The highest BCUT2D eigenvalue weighted by atomic mass is 19.2. The molecule has 0 saturated carbocycles. The van der Waals surface area contributed by atoms with E-state index < -0.39 is 18.1 Å². The second kappa shape index (κ2) is 8.93. The van der Waals surface area contributed by atoms with Gasteiger partial charge in [-0.25, -0.2) is 8.78 Å². The maximum absolute atomic E-state index is 14.8. The van der Waals surface area contributed by atoms with Gasteiger partial charge in [-0.05, 0) is 62.4 Å². The van der Waals surface area contributed by atoms with E-state index in [0.717, 1.165) is 12.8 Å². The molecule has 2 amide bonds. The fourth-order valence-corrected chi connectivity index (χ4v) is 4.79. The Labute approximate surface area is 173 Å². The van der Waals surface area contributed by atoms with Crippen LogP contribution in [0.15, 0.2) is 18.2 Å². The third kappa shape index (κ3) is 4.62. The Balaban J connectivity index is 1.34. The molecule has 4 rings (SSSR count). The van der Waals surface area contributed by atoms with E-state index in [1.54, 1.807) is 12.1 Å². The second-order valence-electron chi connectivity index (χ2n) is 8.44. The molecule has 1 aromatic carbocycles. The van der Waals surface area contributed by atoms with Gasteiger partial charge >= 0.3 is 0 Å². The lowest BCUT2D eigenvalue weighted by Gasteiger charge is -2.41. The Morgan fingerprint density at radius 2 is 1.83 bits per heavy atom. The highest BCUT2D eigenvalue weighted by molar-refractivity contribution is 6.01.